The fourth-order valence-electron chi connectivity index (χ4n) is 4.41. The second kappa shape index (κ2) is 8.57. The number of carbonyl (C=O) groups excluding carboxylic acids is 1. The van der Waals surface area contributed by atoms with E-state index in [2.05, 4.69) is 27.7 Å². The molecule has 1 aliphatic heterocycles. The molecule has 0 bridgehead atoms. The van der Waals surface area contributed by atoms with Crippen molar-refractivity contribution in [2.75, 3.05) is 18.4 Å². The number of hydrogen-bond acceptors (Lipinski definition) is 2. The van der Waals surface area contributed by atoms with E-state index in [1.54, 1.807) is 0 Å². The molecule has 0 spiro atoms. The van der Waals surface area contributed by atoms with Gasteiger partial charge in [-0.05, 0) is 48.9 Å². The van der Waals surface area contributed by atoms with Gasteiger partial charge in [0.2, 0.25) is 0 Å². The van der Waals surface area contributed by atoms with Gasteiger partial charge in [0.1, 0.15) is 0 Å². The molecular formula is C23H29N3O. The van der Waals surface area contributed by atoms with E-state index < -0.39 is 0 Å². The van der Waals surface area contributed by atoms with Crippen molar-refractivity contribution in [2.24, 2.45) is 0 Å². The van der Waals surface area contributed by atoms with E-state index in [0.717, 1.165) is 43.2 Å². The average Bonchev–Trinajstić information content (AvgIpc) is 3.25. The zero-order valence-electron chi connectivity index (χ0n) is 15.9. The number of carbonyl (C=O) groups is 1. The van der Waals surface area contributed by atoms with Gasteiger partial charge in [0.05, 0.1) is 0 Å². The Balaban J connectivity index is 1.25. The monoisotopic (exact) mass is 363 g/mol. The molecule has 2 amide bonds. The molecule has 2 aliphatic rings. The van der Waals surface area contributed by atoms with Crippen molar-refractivity contribution in [3.63, 3.8) is 0 Å². The first kappa shape index (κ1) is 18.1. The number of nitrogens with one attached hydrogen (secondary N) is 2. The van der Waals surface area contributed by atoms with Crippen molar-refractivity contribution in [1.82, 2.24) is 10.2 Å². The molecule has 0 unspecified atom stereocenters. The van der Waals surface area contributed by atoms with Gasteiger partial charge >= 0.3 is 6.03 Å². The number of amides is 2. The van der Waals surface area contributed by atoms with E-state index in [-0.39, 0.29) is 12.1 Å². The van der Waals surface area contributed by atoms with Crippen LogP contribution in [0.25, 0.3) is 11.1 Å². The molecule has 2 N–H and O–H groups in total. The molecular weight excluding hydrogens is 334 g/mol. The topological polar surface area (TPSA) is 44.4 Å². The van der Waals surface area contributed by atoms with Crippen molar-refractivity contribution in [3.05, 3.63) is 54.6 Å². The van der Waals surface area contributed by atoms with Gasteiger partial charge in [-0.1, -0.05) is 55.3 Å². The highest BCUT2D eigenvalue weighted by Gasteiger charge is 2.27. The minimum Gasteiger partial charge on any atom is -0.335 e. The zero-order valence-corrected chi connectivity index (χ0v) is 15.9. The minimum absolute atomic E-state index is 0.0956. The average molecular weight is 364 g/mol. The summed E-state index contributed by atoms with van der Waals surface area (Å²) in [5, 5.41) is 6.12. The Bertz CT molecular complexity index is 730. The van der Waals surface area contributed by atoms with Crippen LogP contribution in [-0.4, -0.2) is 36.1 Å². The number of anilines is 1. The van der Waals surface area contributed by atoms with Gasteiger partial charge < -0.3 is 15.5 Å². The Labute approximate surface area is 162 Å². The molecule has 2 aromatic rings. The lowest BCUT2D eigenvalue weighted by molar-refractivity contribution is 0.147. The Kier molecular flexibility index (Phi) is 5.73. The Morgan fingerprint density at radius 1 is 0.815 bits per heavy atom. The largest absolute Gasteiger partial charge is 0.335 e. The second-order valence-corrected chi connectivity index (χ2v) is 7.79. The molecule has 1 saturated carbocycles. The second-order valence-electron chi connectivity index (χ2n) is 7.79. The first-order valence-corrected chi connectivity index (χ1v) is 10.2. The summed E-state index contributed by atoms with van der Waals surface area (Å²) in [6, 6.07) is 19.3. The maximum atomic E-state index is 12.3. The van der Waals surface area contributed by atoms with Gasteiger partial charge in [-0.15, -0.1) is 0 Å². The van der Waals surface area contributed by atoms with E-state index in [1.165, 1.54) is 31.2 Å². The molecule has 4 heteroatoms. The van der Waals surface area contributed by atoms with Crippen molar-refractivity contribution in [2.45, 2.75) is 50.6 Å². The maximum absolute atomic E-state index is 12.3. The SMILES string of the molecule is O=C(Nc1ccc(-c2ccccc2)cc1)NC1CCN(C2CCCC2)CC1. The highest BCUT2D eigenvalue weighted by molar-refractivity contribution is 5.89. The number of hydrogen-bond donors (Lipinski definition) is 2. The van der Waals surface area contributed by atoms with E-state index >= 15 is 0 Å². The molecule has 0 atom stereocenters. The van der Waals surface area contributed by atoms with Gasteiger partial charge in [0.25, 0.3) is 0 Å². The summed E-state index contributed by atoms with van der Waals surface area (Å²) in [5.41, 5.74) is 3.17. The highest BCUT2D eigenvalue weighted by Crippen LogP contribution is 2.26. The number of urea groups is 1. The molecule has 2 aromatic carbocycles. The molecule has 4 rings (SSSR count). The maximum Gasteiger partial charge on any atom is 0.319 e. The predicted molar refractivity (Wildman–Crippen MR) is 111 cm³/mol. The summed E-state index contributed by atoms with van der Waals surface area (Å²) >= 11 is 0. The number of nitrogens with zero attached hydrogens (tertiary/aromatic N) is 1. The number of benzene rings is 2. The first-order chi connectivity index (χ1) is 13.3. The Morgan fingerprint density at radius 3 is 2.11 bits per heavy atom. The quantitative estimate of drug-likeness (QED) is 0.813. The molecule has 27 heavy (non-hydrogen) atoms. The highest BCUT2D eigenvalue weighted by atomic mass is 16.2. The molecule has 2 fully saturated rings. The lowest BCUT2D eigenvalue weighted by atomic mass is 10.0. The smallest absolute Gasteiger partial charge is 0.319 e. The van der Waals surface area contributed by atoms with Crippen LogP contribution in [0.15, 0.2) is 54.6 Å². The molecule has 1 saturated heterocycles. The van der Waals surface area contributed by atoms with Crippen LogP contribution in [0.2, 0.25) is 0 Å². The standard InChI is InChI=1S/C23H29N3O/c27-23(25-21-14-16-26(17-15-21)22-8-4-5-9-22)24-20-12-10-19(11-13-20)18-6-2-1-3-7-18/h1-3,6-7,10-13,21-22H,4-5,8-9,14-17H2,(H2,24,25,27). The molecule has 0 radical (unpaired) electrons. The van der Waals surface area contributed by atoms with Crippen molar-refractivity contribution >= 4 is 11.7 Å². The van der Waals surface area contributed by atoms with E-state index in [9.17, 15) is 4.79 Å². The molecule has 4 nitrogen and oxygen atoms in total. The van der Waals surface area contributed by atoms with Gasteiger partial charge in [-0.2, -0.15) is 0 Å². The van der Waals surface area contributed by atoms with Gasteiger partial charge in [0, 0.05) is 30.9 Å². The summed E-state index contributed by atoms with van der Waals surface area (Å²) in [5.74, 6) is 0. The fraction of sp³-hybridized carbons (Fsp3) is 0.435. The summed E-state index contributed by atoms with van der Waals surface area (Å²) in [6.45, 7) is 2.22. The summed E-state index contributed by atoms with van der Waals surface area (Å²) in [7, 11) is 0. The van der Waals surface area contributed by atoms with Crippen LogP contribution in [0.4, 0.5) is 10.5 Å². The van der Waals surface area contributed by atoms with Crippen molar-refractivity contribution < 1.29 is 4.79 Å². The van der Waals surface area contributed by atoms with E-state index in [0.29, 0.717) is 0 Å². The van der Waals surface area contributed by atoms with Crippen LogP contribution >= 0.6 is 0 Å². The number of piperidine rings is 1. The Morgan fingerprint density at radius 2 is 1.44 bits per heavy atom. The van der Waals surface area contributed by atoms with Crippen LogP contribution in [0, 0.1) is 0 Å². The third-order valence-corrected chi connectivity index (χ3v) is 5.96. The lowest BCUT2D eigenvalue weighted by Crippen LogP contribution is -2.48. The fourth-order valence-corrected chi connectivity index (χ4v) is 4.41. The molecule has 1 heterocycles. The third-order valence-electron chi connectivity index (χ3n) is 5.96. The predicted octanol–water partition coefficient (Wildman–Crippen LogP) is 4.88. The van der Waals surface area contributed by atoms with Crippen LogP contribution < -0.4 is 10.6 Å². The first-order valence-electron chi connectivity index (χ1n) is 10.2. The van der Waals surface area contributed by atoms with E-state index in [4.69, 9.17) is 0 Å². The molecule has 142 valence electrons. The van der Waals surface area contributed by atoms with Gasteiger partial charge in [-0.25, -0.2) is 4.79 Å². The lowest BCUT2D eigenvalue weighted by Gasteiger charge is -2.36. The van der Waals surface area contributed by atoms with Crippen LogP contribution in [0.3, 0.4) is 0 Å². The van der Waals surface area contributed by atoms with Gasteiger partial charge in [0.15, 0.2) is 0 Å². The van der Waals surface area contributed by atoms with Gasteiger partial charge in [-0.3, -0.25) is 0 Å². The minimum atomic E-state index is -0.0956. The summed E-state index contributed by atoms with van der Waals surface area (Å²) in [4.78, 5) is 15.0. The number of likely N-dealkylation sites (tertiary alicyclic amines) is 1. The third kappa shape index (κ3) is 4.69. The van der Waals surface area contributed by atoms with Crippen molar-refractivity contribution in [1.29, 1.82) is 0 Å². The van der Waals surface area contributed by atoms with E-state index in [1.807, 2.05) is 42.5 Å². The summed E-state index contributed by atoms with van der Waals surface area (Å²) in [6.07, 6.45) is 7.59. The zero-order chi connectivity index (χ0) is 18.5. The summed E-state index contributed by atoms with van der Waals surface area (Å²) < 4.78 is 0. The van der Waals surface area contributed by atoms with Crippen LogP contribution in [-0.2, 0) is 0 Å². The Hall–Kier alpha value is -2.33. The molecule has 0 aromatic heterocycles. The number of rotatable bonds is 4. The van der Waals surface area contributed by atoms with Crippen LogP contribution in [0.1, 0.15) is 38.5 Å². The normalized spacial score (nSPS) is 19.1. The van der Waals surface area contributed by atoms with Crippen molar-refractivity contribution in [3.8, 4) is 11.1 Å². The van der Waals surface area contributed by atoms with Crippen LogP contribution in [0.5, 0.6) is 0 Å². The molecule has 1 aliphatic carbocycles.